The summed E-state index contributed by atoms with van der Waals surface area (Å²) in [6, 6.07) is 14.9. The Kier molecular flexibility index (Phi) is 7.26. The highest BCUT2D eigenvalue weighted by Crippen LogP contribution is 2.36. The molecule has 6 nitrogen and oxygen atoms in total. The van der Waals surface area contributed by atoms with Crippen LogP contribution in [0.2, 0.25) is 0 Å². The molecule has 1 heterocycles. The van der Waals surface area contributed by atoms with Gasteiger partial charge in [-0.3, -0.25) is 9.69 Å². The molecule has 184 valence electrons. The third-order valence-electron chi connectivity index (χ3n) is 6.87. The Labute approximate surface area is 205 Å². The van der Waals surface area contributed by atoms with Crippen LogP contribution in [0.25, 0.3) is 0 Å². The minimum absolute atomic E-state index is 0.0438. The quantitative estimate of drug-likeness (QED) is 0.412. The molecule has 1 aliphatic heterocycles. The van der Waals surface area contributed by atoms with Gasteiger partial charge in [0.25, 0.3) is 0 Å². The third kappa shape index (κ3) is 5.25. The summed E-state index contributed by atoms with van der Waals surface area (Å²) in [5.74, 6) is -0.882. The van der Waals surface area contributed by atoms with Gasteiger partial charge in [0.05, 0.1) is 17.8 Å². The highest BCUT2D eigenvalue weighted by atomic mass is 19.1. The summed E-state index contributed by atoms with van der Waals surface area (Å²) < 4.78 is 20.2. The molecule has 0 aromatic heterocycles. The Morgan fingerprint density at radius 2 is 2.03 bits per heavy atom. The number of nitrogens with two attached hydrogens (primary N) is 1. The number of ether oxygens (including phenoxy) is 1. The van der Waals surface area contributed by atoms with E-state index >= 15 is 0 Å². The fourth-order valence-electron chi connectivity index (χ4n) is 4.79. The number of nitrogen functional groups attached to an aromatic ring is 1. The van der Waals surface area contributed by atoms with E-state index in [9.17, 15) is 14.3 Å². The lowest BCUT2D eigenvalue weighted by atomic mass is 9.84. The number of hydrogen-bond acceptors (Lipinski definition) is 5. The van der Waals surface area contributed by atoms with E-state index in [-0.39, 0.29) is 18.2 Å². The zero-order valence-electron chi connectivity index (χ0n) is 20.4. The molecule has 1 aliphatic rings. The van der Waals surface area contributed by atoms with Crippen LogP contribution in [-0.4, -0.2) is 36.2 Å². The predicted octanol–water partition coefficient (Wildman–Crippen LogP) is 5.07. The second-order valence-corrected chi connectivity index (χ2v) is 9.10. The van der Waals surface area contributed by atoms with Gasteiger partial charge in [0.1, 0.15) is 18.2 Å². The number of carboxylic acids is 1. The van der Waals surface area contributed by atoms with E-state index in [2.05, 4.69) is 16.3 Å². The smallest absolute Gasteiger partial charge is 0.304 e. The zero-order valence-corrected chi connectivity index (χ0v) is 20.4. The molecule has 4 rings (SSSR count). The molecule has 1 atom stereocenters. The Bertz CT molecular complexity index is 1240. The molecule has 0 bridgehead atoms. The largest absolute Gasteiger partial charge is 0.492 e. The van der Waals surface area contributed by atoms with Gasteiger partial charge in [0.15, 0.2) is 0 Å². The standard InChI is InChI=1S/C28H32FN3O3/c1-17-7-8-19(22(14-27(33)34)21-9-10-25(31-3)28(30)18(21)2)13-20(17)15-32-11-12-35-26-6-4-5-24(29)23(26)16-32/h4-10,13,22,31H,11-12,14-16,30H2,1-3H3,(H,33,34). The number of halogens is 1. The lowest BCUT2D eigenvalue weighted by Crippen LogP contribution is -2.26. The van der Waals surface area contributed by atoms with Crippen molar-refractivity contribution in [2.24, 2.45) is 0 Å². The molecule has 35 heavy (non-hydrogen) atoms. The van der Waals surface area contributed by atoms with Crippen LogP contribution >= 0.6 is 0 Å². The fraction of sp³-hybridized carbons (Fsp3) is 0.321. The van der Waals surface area contributed by atoms with Crippen molar-refractivity contribution in [3.63, 3.8) is 0 Å². The first-order valence-corrected chi connectivity index (χ1v) is 11.8. The molecule has 0 aliphatic carbocycles. The highest BCUT2D eigenvalue weighted by molar-refractivity contribution is 5.74. The maximum atomic E-state index is 14.5. The van der Waals surface area contributed by atoms with Gasteiger partial charge >= 0.3 is 5.97 Å². The van der Waals surface area contributed by atoms with E-state index in [1.165, 1.54) is 6.07 Å². The molecule has 7 heteroatoms. The number of aliphatic carboxylic acids is 1. The minimum Gasteiger partial charge on any atom is -0.492 e. The first-order valence-electron chi connectivity index (χ1n) is 11.8. The SMILES string of the molecule is CNc1ccc(C(CC(=O)O)c2ccc(C)c(CN3CCOc4cccc(F)c4C3)c2)c(C)c1N. The Morgan fingerprint density at radius 3 is 2.77 bits per heavy atom. The van der Waals surface area contributed by atoms with Gasteiger partial charge in [-0.25, -0.2) is 4.39 Å². The molecule has 0 amide bonds. The lowest BCUT2D eigenvalue weighted by Gasteiger charge is -2.24. The number of carbonyl (C=O) groups is 1. The van der Waals surface area contributed by atoms with Crippen molar-refractivity contribution >= 4 is 17.3 Å². The van der Waals surface area contributed by atoms with Crippen LogP contribution in [0, 0.1) is 19.7 Å². The summed E-state index contributed by atoms with van der Waals surface area (Å²) in [5, 5.41) is 12.8. The lowest BCUT2D eigenvalue weighted by molar-refractivity contribution is -0.137. The molecule has 0 radical (unpaired) electrons. The summed E-state index contributed by atoms with van der Waals surface area (Å²) in [4.78, 5) is 14.0. The van der Waals surface area contributed by atoms with Gasteiger partial charge in [-0.2, -0.15) is 0 Å². The summed E-state index contributed by atoms with van der Waals surface area (Å²) in [6.07, 6.45) is -0.0438. The van der Waals surface area contributed by atoms with Gasteiger partial charge in [0, 0.05) is 38.2 Å². The number of benzene rings is 3. The van der Waals surface area contributed by atoms with Crippen LogP contribution in [-0.2, 0) is 17.9 Å². The van der Waals surface area contributed by atoms with Crippen LogP contribution in [0.4, 0.5) is 15.8 Å². The van der Waals surface area contributed by atoms with E-state index in [4.69, 9.17) is 10.5 Å². The van der Waals surface area contributed by atoms with Crippen molar-refractivity contribution in [3.05, 3.63) is 87.7 Å². The molecule has 0 spiro atoms. The van der Waals surface area contributed by atoms with Gasteiger partial charge in [-0.05, 0) is 59.9 Å². The third-order valence-corrected chi connectivity index (χ3v) is 6.87. The number of anilines is 2. The van der Waals surface area contributed by atoms with Crippen LogP contribution in [0.5, 0.6) is 5.75 Å². The van der Waals surface area contributed by atoms with Crippen molar-refractivity contribution in [3.8, 4) is 5.75 Å². The maximum Gasteiger partial charge on any atom is 0.304 e. The summed E-state index contributed by atoms with van der Waals surface area (Å²) >= 11 is 0. The van der Waals surface area contributed by atoms with Crippen molar-refractivity contribution < 1.29 is 19.0 Å². The van der Waals surface area contributed by atoms with E-state index in [1.54, 1.807) is 12.1 Å². The first-order chi connectivity index (χ1) is 16.8. The second-order valence-electron chi connectivity index (χ2n) is 9.10. The van der Waals surface area contributed by atoms with Gasteiger partial charge in [0.2, 0.25) is 0 Å². The van der Waals surface area contributed by atoms with Gasteiger partial charge in [-0.15, -0.1) is 0 Å². The normalized spacial score (nSPS) is 14.5. The van der Waals surface area contributed by atoms with Gasteiger partial charge in [-0.1, -0.05) is 30.3 Å². The number of nitrogens with one attached hydrogen (secondary N) is 1. The first kappa shape index (κ1) is 24.5. The monoisotopic (exact) mass is 477 g/mol. The zero-order chi connectivity index (χ0) is 25.1. The number of rotatable bonds is 7. The van der Waals surface area contributed by atoms with E-state index in [1.807, 2.05) is 45.2 Å². The van der Waals surface area contributed by atoms with Crippen molar-refractivity contribution in [2.75, 3.05) is 31.2 Å². The second kappa shape index (κ2) is 10.4. The predicted molar refractivity (Wildman–Crippen MR) is 136 cm³/mol. The molecule has 0 saturated heterocycles. The molecule has 0 fully saturated rings. The molecular weight excluding hydrogens is 445 g/mol. The topological polar surface area (TPSA) is 87.8 Å². The Hall–Kier alpha value is -3.58. The molecular formula is C28H32FN3O3. The van der Waals surface area contributed by atoms with Crippen LogP contribution in [0.3, 0.4) is 0 Å². The summed E-state index contributed by atoms with van der Waals surface area (Å²) in [5.41, 5.74) is 13.2. The molecule has 3 aromatic rings. The number of carboxylic acid groups (broad SMARTS) is 1. The fourth-order valence-corrected chi connectivity index (χ4v) is 4.79. The molecule has 3 aromatic carbocycles. The molecule has 4 N–H and O–H groups in total. The van der Waals surface area contributed by atoms with Crippen molar-refractivity contribution in [2.45, 2.75) is 39.3 Å². The average Bonchev–Trinajstić information content (AvgIpc) is 3.04. The van der Waals surface area contributed by atoms with E-state index in [0.717, 1.165) is 33.5 Å². The average molecular weight is 478 g/mol. The van der Waals surface area contributed by atoms with Crippen molar-refractivity contribution in [1.29, 1.82) is 0 Å². The van der Waals surface area contributed by atoms with Crippen molar-refractivity contribution in [1.82, 2.24) is 4.90 Å². The molecule has 0 saturated carbocycles. The minimum atomic E-state index is -0.871. The number of aryl methyl sites for hydroxylation is 1. The maximum absolute atomic E-state index is 14.5. The summed E-state index contributed by atoms with van der Waals surface area (Å²) in [7, 11) is 1.81. The van der Waals surface area contributed by atoms with Crippen LogP contribution in [0.15, 0.2) is 48.5 Å². The number of hydrogen-bond donors (Lipinski definition) is 3. The van der Waals surface area contributed by atoms with Crippen LogP contribution in [0.1, 0.15) is 45.7 Å². The Morgan fingerprint density at radius 1 is 1.23 bits per heavy atom. The molecule has 1 unspecified atom stereocenters. The number of nitrogens with zero attached hydrogens (tertiary/aromatic N) is 1. The van der Waals surface area contributed by atoms with Gasteiger partial charge < -0.3 is 20.9 Å². The Balaban J connectivity index is 1.67. The highest BCUT2D eigenvalue weighted by Gasteiger charge is 2.24. The van der Waals surface area contributed by atoms with Crippen LogP contribution < -0.4 is 15.8 Å². The van der Waals surface area contributed by atoms with E-state index in [0.29, 0.717) is 43.2 Å². The summed E-state index contributed by atoms with van der Waals surface area (Å²) in [6.45, 7) is 6.17. The number of fused-ring (bicyclic) bond motifs is 1. The van der Waals surface area contributed by atoms with E-state index < -0.39 is 5.97 Å².